The second-order valence-electron chi connectivity index (χ2n) is 13.5. The van der Waals surface area contributed by atoms with Gasteiger partial charge in [-0.2, -0.15) is 0 Å². The first-order valence-electron chi connectivity index (χ1n) is 18.0. The van der Waals surface area contributed by atoms with Crippen molar-refractivity contribution in [3.8, 4) is 34.1 Å². The molecule has 8 aromatic carbocycles. The van der Waals surface area contributed by atoms with Crippen LogP contribution in [-0.2, 0) is 5.41 Å². The Kier molecular flexibility index (Phi) is 7.30. The van der Waals surface area contributed by atoms with Gasteiger partial charge in [-0.25, -0.2) is 0 Å². The molecule has 1 unspecified atom stereocenters. The van der Waals surface area contributed by atoms with Gasteiger partial charge in [0.25, 0.3) is 0 Å². The Bertz CT molecular complexity index is 2830. The summed E-state index contributed by atoms with van der Waals surface area (Å²) in [4.78, 5) is 2.34. The first kappa shape index (κ1) is 30.7. The predicted molar refractivity (Wildman–Crippen MR) is 219 cm³/mol. The van der Waals surface area contributed by atoms with Crippen molar-refractivity contribution in [3.63, 3.8) is 0 Å². The van der Waals surface area contributed by atoms with Crippen LogP contribution in [-0.4, -0.2) is 0 Å². The maximum absolute atomic E-state index is 6.40. The largest absolute Gasteiger partial charge is 0.455 e. The van der Waals surface area contributed by atoms with Gasteiger partial charge in [0.2, 0.25) is 0 Å². The van der Waals surface area contributed by atoms with E-state index in [0.29, 0.717) is 0 Å². The SMILES string of the molecule is C(#CC1(c2ccccc2)c2ccccc2-c2cc(N(c3ccccc3)c3ccc(-c4cccc5c4oc4ccccc45)cc3)ccc21)c1ccccc1. The van der Waals surface area contributed by atoms with E-state index in [-0.39, 0.29) is 0 Å². The van der Waals surface area contributed by atoms with Gasteiger partial charge in [-0.1, -0.05) is 157 Å². The molecule has 0 fully saturated rings. The third kappa shape index (κ3) is 5.06. The van der Waals surface area contributed by atoms with Crippen LogP contribution < -0.4 is 4.90 Å². The molecular weight excluding hydrogens is 643 g/mol. The average molecular weight is 676 g/mol. The standard InChI is InChI=1S/C51H33NO/c1-4-15-36(16-5-1)33-34-51(38-17-6-2-7-18-38)47-25-12-10-21-43(47)46-35-41(31-32-48(46)51)52(39-19-8-3-9-20-39)40-29-27-37(28-30-40)42-23-14-24-45-44-22-11-13-26-49(44)53-50(42)45/h1-32,35H. The summed E-state index contributed by atoms with van der Waals surface area (Å²) in [6, 6.07) is 70.8. The highest BCUT2D eigenvalue weighted by atomic mass is 16.3. The molecule has 248 valence electrons. The zero-order valence-corrected chi connectivity index (χ0v) is 28.9. The monoisotopic (exact) mass is 675 g/mol. The molecule has 0 radical (unpaired) electrons. The lowest BCUT2D eigenvalue weighted by Crippen LogP contribution is -2.25. The minimum atomic E-state index is -0.627. The van der Waals surface area contributed by atoms with Gasteiger partial charge in [-0.3, -0.25) is 0 Å². The van der Waals surface area contributed by atoms with Gasteiger partial charge >= 0.3 is 0 Å². The summed E-state index contributed by atoms with van der Waals surface area (Å²) >= 11 is 0. The van der Waals surface area contributed by atoms with E-state index in [4.69, 9.17) is 4.42 Å². The lowest BCUT2D eigenvalue weighted by atomic mass is 9.73. The maximum Gasteiger partial charge on any atom is 0.143 e. The maximum atomic E-state index is 6.40. The zero-order chi connectivity index (χ0) is 35.2. The molecule has 1 aliphatic rings. The van der Waals surface area contributed by atoms with E-state index in [1.54, 1.807) is 0 Å². The van der Waals surface area contributed by atoms with Gasteiger partial charge in [0.1, 0.15) is 16.6 Å². The quantitative estimate of drug-likeness (QED) is 0.169. The van der Waals surface area contributed by atoms with E-state index in [1.165, 1.54) is 22.3 Å². The van der Waals surface area contributed by atoms with Crippen molar-refractivity contribution in [2.45, 2.75) is 5.41 Å². The first-order valence-corrected chi connectivity index (χ1v) is 18.0. The minimum absolute atomic E-state index is 0.627. The Balaban J connectivity index is 1.12. The Labute approximate surface area is 309 Å². The Hall–Kier alpha value is -7.08. The van der Waals surface area contributed by atoms with Crippen LogP contribution in [0.25, 0.3) is 44.2 Å². The molecule has 0 bridgehead atoms. The molecule has 53 heavy (non-hydrogen) atoms. The summed E-state index contributed by atoms with van der Waals surface area (Å²) in [5.74, 6) is 7.39. The average Bonchev–Trinajstić information content (AvgIpc) is 3.75. The van der Waals surface area contributed by atoms with Gasteiger partial charge in [-0.15, -0.1) is 0 Å². The van der Waals surface area contributed by atoms with Crippen LogP contribution in [0.15, 0.2) is 205 Å². The molecule has 0 amide bonds. The van der Waals surface area contributed by atoms with Crippen LogP contribution in [0.2, 0.25) is 0 Å². The second-order valence-corrected chi connectivity index (χ2v) is 13.5. The van der Waals surface area contributed by atoms with Gasteiger partial charge < -0.3 is 9.32 Å². The van der Waals surface area contributed by atoms with Crippen LogP contribution in [0.1, 0.15) is 22.3 Å². The fraction of sp³-hybridized carbons (Fsp3) is 0.0196. The molecule has 0 saturated heterocycles. The first-order chi connectivity index (χ1) is 26.3. The van der Waals surface area contributed by atoms with Crippen molar-refractivity contribution in [3.05, 3.63) is 222 Å². The normalized spacial score (nSPS) is 14.3. The number of benzene rings is 8. The highest BCUT2D eigenvalue weighted by Crippen LogP contribution is 2.54. The summed E-state index contributed by atoms with van der Waals surface area (Å²) in [5.41, 5.74) is 13.6. The molecule has 2 nitrogen and oxygen atoms in total. The van der Waals surface area contributed by atoms with Crippen LogP contribution in [0.4, 0.5) is 17.1 Å². The number of anilines is 3. The van der Waals surface area contributed by atoms with Crippen LogP contribution in [0, 0.1) is 11.8 Å². The van der Waals surface area contributed by atoms with E-state index in [1.807, 2.05) is 30.3 Å². The number of hydrogen-bond donors (Lipinski definition) is 0. The molecular formula is C51H33NO. The summed E-state index contributed by atoms with van der Waals surface area (Å²) < 4.78 is 6.40. The van der Waals surface area contributed by atoms with Crippen molar-refractivity contribution >= 4 is 39.0 Å². The number of rotatable bonds is 5. The number of furan rings is 1. The smallest absolute Gasteiger partial charge is 0.143 e. The third-order valence-electron chi connectivity index (χ3n) is 10.5. The van der Waals surface area contributed by atoms with Crippen molar-refractivity contribution in [2.75, 3.05) is 4.90 Å². The van der Waals surface area contributed by atoms with Crippen molar-refractivity contribution in [2.24, 2.45) is 0 Å². The van der Waals surface area contributed by atoms with Crippen LogP contribution >= 0.6 is 0 Å². The fourth-order valence-corrected chi connectivity index (χ4v) is 8.09. The fourth-order valence-electron chi connectivity index (χ4n) is 8.09. The molecule has 1 heterocycles. The van der Waals surface area contributed by atoms with E-state index >= 15 is 0 Å². The molecule has 2 heteroatoms. The lowest BCUT2D eigenvalue weighted by Gasteiger charge is -2.29. The predicted octanol–water partition coefficient (Wildman–Crippen LogP) is 13.1. The molecule has 0 saturated carbocycles. The van der Waals surface area contributed by atoms with Crippen LogP contribution in [0.5, 0.6) is 0 Å². The van der Waals surface area contributed by atoms with E-state index < -0.39 is 5.41 Å². The van der Waals surface area contributed by atoms with E-state index in [0.717, 1.165) is 61.3 Å². The third-order valence-corrected chi connectivity index (χ3v) is 10.5. The summed E-state index contributed by atoms with van der Waals surface area (Å²) in [7, 11) is 0. The van der Waals surface area contributed by atoms with Gasteiger partial charge in [-0.05, 0) is 88.0 Å². The molecule has 0 spiro atoms. The van der Waals surface area contributed by atoms with E-state index in [9.17, 15) is 0 Å². The van der Waals surface area contributed by atoms with Gasteiger partial charge in [0.15, 0.2) is 0 Å². The molecule has 9 aromatic rings. The van der Waals surface area contributed by atoms with Crippen molar-refractivity contribution < 1.29 is 4.42 Å². The Morgan fingerprint density at radius 1 is 0.434 bits per heavy atom. The molecule has 1 aliphatic carbocycles. The highest BCUT2D eigenvalue weighted by Gasteiger charge is 2.44. The second kappa shape index (κ2) is 12.6. The topological polar surface area (TPSA) is 16.4 Å². The summed E-state index contributed by atoms with van der Waals surface area (Å²) in [5, 5.41) is 2.27. The van der Waals surface area contributed by atoms with Crippen molar-refractivity contribution in [1.82, 2.24) is 0 Å². The van der Waals surface area contributed by atoms with Gasteiger partial charge in [0, 0.05) is 39.0 Å². The molecule has 0 N–H and O–H groups in total. The molecule has 10 rings (SSSR count). The number of para-hydroxylation sites is 3. The minimum Gasteiger partial charge on any atom is -0.455 e. The lowest BCUT2D eigenvalue weighted by molar-refractivity contribution is 0.670. The number of fused-ring (bicyclic) bond motifs is 6. The molecule has 0 aliphatic heterocycles. The van der Waals surface area contributed by atoms with Crippen LogP contribution in [0.3, 0.4) is 0 Å². The van der Waals surface area contributed by atoms with Gasteiger partial charge in [0.05, 0.1) is 0 Å². The number of nitrogens with zero attached hydrogens (tertiary/aromatic N) is 1. The van der Waals surface area contributed by atoms with E-state index in [2.05, 4.69) is 187 Å². The Morgan fingerprint density at radius 2 is 1.04 bits per heavy atom. The Morgan fingerprint density at radius 3 is 1.85 bits per heavy atom. The highest BCUT2D eigenvalue weighted by molar-refractivity contribution is 6.09. The summed E-state index contributed by atoms with van der Waals surface area (Å²) in [6.07, 6.45) is 0. The van der Waals surface area contributed by atoms with Crippen molar-refractivity contribution in [1.29, 1.82) is 0 Å². The molecule has 1 aromatic heterocycles. The zero-order valence-electron chi connectivity index (χ0n) is 28.9. The molecule has 1 atom stereocenters. The number of hydrogen-bond acceptors (Lipinski definition) is 2. The summed E-state index contributed by atoms with van der Waals surface area (Å²) in [6.45, 7) is 0.